The number of nitrogens with zero attached hydrogens (tertiary/aromatic N) is 1. The van der Waals surface area contributed by atoms with Gasteiger partial charge < -0.3 is 4.74 Å². The molecule has 0 spiro atoms. The van der Waals surface area contributed by atoms with Gasteiger partial charge in [-0.15, -0.1) is 0 Å². The van der Waals surface area contributed by atoms with Gasteiger partial charge in [-0.2, -0.15) is 5.26 Å². The first-order valence-electron chi connectivity index (χ1n) is 9.14. The Hall–Kier alpha value is -1.56. The highest BCUT2D eigenvalue weighted by Gasteiger charge is 2.33. The second-order valence-electron chi connectivity index (χ2n) is 7.13. The van der Waals surface area contributed by atoms with Gasteiger partial charge in [0.2, 0.25) is 0 Å². The summed E-state index contributed by atoms with van der Waals surface area (Å²) in [6, 6.07) is 6.54. The molecule has 1 aromatic carbocycles. The largest absolute Gasteiger partial charge is 0.490 e. The quantitative estimate of drug-likeness (QED) is 0.724. The van der Waals surface area contributed by atoms with E-state index in [9.17, 15) is 4.39 Å². The summed E-state index contributed by atoms with van der Waals surface area (Å²) in [5, 5.41) is 8.87. The lowest BCUT2D eigenvalue weighted by molar-refractivity contribution is 0.0387. The molecule has 124 valence electrons. The zero-order valence-corrected chi connectivity index (χ0v) is 13.8. The van der Waals surface area contributed by atoms with Crippen LogP contribution in [0.4, 0.5) is 4.39 Å². The van der Waals surface area contributed by atoms with Gasteiger partial charge in [-0.25, -0.2) is 4.39 Å². The highest BCUT2D eigenvalue weighted by atomic mass is 19.1. The summed E-state index contributed by atoms with van der Waals surface area (Å²) in [7, 11) is 0. The van der Waals surface area contributed by atoms with Crippen molar-refractivity contribution < 1.29 is 9.13 Å². The number of hydrogen-bond donors (Lipinski definition) is 0. The Morgan fingerprint density at radius 2 is 1.52 bits per heavy atom. The van der Waals surface area contributed by atoms with E-state index >= 15 is 0 Å². The van der Waals surface area contributed by atoms with Crippen molar-refractivity contribution in [2.75, 3.05) is 0 Å². The van der Waals surface area contributed by atoms with Crippen molar-refractivity contribution in [3.8, 4) is 11.8 Å². The molecule has 2 aliphatic rings. The standard InChI is InChI=1S/C20H26FNO/c21-19-13-18(12-11-17(19)14-22)23-20(15-7-3-1-4-8-15)16-9-5-2-6-10-16/h11-13,15-16,20H,1-10H2. The molecule has 2 fully saturated rings. The molecule has 0 heterocycles. The lowest BCUT2D eigenvalue weighted by Crippen LogP contribution is -2.37. The first-order chi connectivity index (χ1) is 11.3. The topological polar surface area (TPSA) is 33.0 Å². The molecule has 3 rings (SSSR count). The SMILES string of the molecule is N#Cc1ccc(OC(C2CCCCC2)C2CCCCC2)cc1F. The molecule has 1 aromatic rings. The Labute approximate surface area is 138 Å². The van der Waals surface area contributed by atoms with Crippen LogP contribution in [-0.4, -0.2) is 6.10 Å². The number of rotatable bonds is 4. The summed E-state index contributed by atoms with van der Waals surface area (Å²) >= 11 is 0. The summed E-state index contributed by atoms with van der Waals surface area (Å²) in [5.41, 5.74) is 0.0873. The molecule has 0 amide bonds. The van der Waals surface area contributed by atoms with Crippen LogP contribution in [0.1, 0.15) is 69.8 Å². The van der Waals surface area contributed by atoms with Gasteiger partial charge in [0.25, 0.3) is 0 Å². The third kappa shape index (κ3) is 4.05. The van der Waals surface area contributed by atoms with Gasteiger partial charge in [0.05, 0.1) is 5.56 Å². The van der Waals surface area contributed by atoms with Gasteiger partial charge >= 0.3 is 0 Å². The normalized spacial score (nSPS) is 20.4. The predicted octanol–water partition coefficient (Wildman–Crippen LogP) is 5.61. The lowest BCUT2D eigenvalue weighted by atomic mass is 9.75. The van der Waals surface area contributed by atoms with E-state index in [2.05, 4.69) is 0 Å². The van der Waals surface area contributed by atoms with Crippen LogP contribution in [0.3, 0.4) is 0 Å². The number of benzene rings is 1. The maximum absolute atomic E-state index is 13.9. The molecule has 2 saturated carbocycles. The van der Waals surface area contributed by atoms with E-state index < -0.39 is 5.82 Å². The van der Waals surface area contributed by atoms with Gasteiger partial charge in [-0.1, -0.05) is 38.5 Å². The highest BCUT2D eigenvalue weighted by molar-refractivity contribution is 5.36. The minimum atomic E-state index is -0.476. The van der Waals surface area contributed by atoms with E-state index in [4.69, 9.17) is 10.00 Å². The van der Waals surface area contributed by atoms with Crippen molar-refractivity contribution in [2.24, 2.45) is 11.8 Å². The molecule has 2 aliphatic carbocycles. The van der Waals surface area contributed by atoms with Crippen molar-refractivity contribution in [1.29, 1.82) is 5.26 Å². The smallest absolute Gasteiger partial charge is 0.144 e. The Morgan fingerprint density at radius 1 is 0.957 bits per heavy atom. The van der Waals surface area contributed by atoms with Gasteiger partial charge in [0.1, 0.15) is 23.7 Å². The van der Waals surface area contributed by atoms with Crippen molar-refractivity contribution in [3.05, 3.63) is 29.6 Å². The minimum absolute atomic E-state index is 0.0873. The van der Waals surface area contributed by atoms with Crippen LogP contribution < -0.4 is 4.74 Å². The number of nitriles is 1. The molecule has 23 heavy (non-hydrogen) atoms. The first-order valence-corrected chi connectivity index (χ1v) is 9.14. The lowest BCUT2D eigenvalue weighted by Gasteiger charge is -2.37. The molecule has 0 aliphatic heterocycles. The zero-order valence-electron chi connectivity index (χ0n) is 13.8. The predicted molar refractivity (Wildman–Crippen MR) is 88.7 cm³/mol. The third-order valence-corrected chi connectivity index (χ3v) is 5.56. The number of ether oxygens (including phenoxy) is 1. The summed E-state index contributed by atoms with van der Waals surface area (Å²) in [6.07, 6.45) is 13.0. The molecule has 3 heteroatoms. The second-order valence-corrected chi connectivity index (χ2v) is 7.13. The van der Waals surface area contributed by atoms with E-state index in [-0.39, 0.29) is 11.7 Å². The monoisotopic (exact) mass is 315 g/mol. The highest BCUT2D eigenvalue weighted by Crippen LogP contribution is 2.38. The van der Waals surface area contributed by atoms with E-state index in [0.29, 0.717) is 17.6 Å². The second kappa shape index (κ2) is 7.81. The molecular formula is C20H26FNO. The van der Waals surface area contributed by atoms with Crippen LogP contribution in [0.2, 0.25) is 0 Å². The van der Waals surface area contributed by atoms with Gasteiger partial charge in [0, 0.05) is 6.07 Å². The van der Waals surface area contributed by atoms with E-state index in [1.165, 1.54) is 76.3 Å². The summed E-state index contributed by atoms with van der Waals surface area (Å²) < 4.78 is 20.2. The molecule has 2 nitrogen and oxygen atoms in total. The zero-order chi connectivity index (χ0) is 16.1. The number of halogens is 1. The van der Waals surface area contributed by atoms with Gasteiger partial charge in [-0.05, 0) is 49.7 Å². The Bertz CT molecular complexity index is 535. The molecule has 0 N–H and O–H groups in total. The van der Waals surface area contributed by atoms with E-state index in [1.54, 1.807) is 6.07 Å². The summed E-state index contributed by atoms with van der Waals surface area (Å²) in [5.74, 6) is 1.31. The van der Waals surface area contributed by atoms with E-state index in [1.807, 2.05) is 6.07 Å². The van der Waals surface area contributed by atoms with Crippen LogP contribution in [0.5, 0.6) is 5.75 Å². The van der Waals surface area contributed by atoms with E-state index in [0.717, 1.165) is 0 Å². The Morgan fingerprint density at radius 3 is 2.00 bits per heavy atom. The first kappa shape index (κ1) is 16.3. The molecule has 0 atom stereocenters. The molecule has 0 aromatic heterocycles. The van der Waals surface area contributed by atoms with Crippen LogP contribution in [0.25, 0.3) is 0 Å². The third-order valence-electron chi connectivity index (χ3n) is 5.56. The van der Waals surface area contributed by atoms with Gasteiger partial charge in [-0.3, -0.25) is 0 Å². The molecular weight excluding hydrogens is 289 g/mol. The fourth-order valence-corrected chi connectivity index (χ4v) is 4.32. The molecule has 0 radical (unpaired) electrons. The van der Waals surface area contributed by atoms with Crippen LogP contribution in [-0.2, 0) is 0 Å². The summed E-state index contributed by atoms with van der Waals surface area (Å²) in [6.45, 7) is 0. The van der Waals surface area contributed by atoms with Crippen molar-refractivity contribution in [1.82, 2.24) is 0 Å². The van der Waals surface area contributed by atoms with Crippen molar-refractivity contribution in [2.45, 2.75) is 70.3 Å². The Kier molecular flexibility index (Phi) is 5.54. The average Bonchev–Trinajstić information content (AvgIpc) is 2.61. The Balaban J connectivity index is 1.77. The van der Waals surface area contributed by atoms with Gasteiger partial charge in [0.15, 0.2) is 0 Å². The van der Waals surface area contributed by atoms with Crippen molar-refractivity contribution in [3.63, 3.8) is 0 Å². The molecule has 0 saturated heterocycles. The maximum atomic E-state index is 13.9. The average molecular weight is 315 g/mol. The fourth-order valence-electron chi connectivity index (χ4n) is 4.32. The van der Waals surface area contributed by atoms with Crippen LogP contribution in [0, 0.1) is 29.0 Å². The fraction of sp³-hybridized carbons (Fsp3) is 0.650. The number of hydrogen-bond acceptors (Lipinski definition) is 2. The molecule has 0 unspecified atom stereocenters. The molecule has 0 bridgehead atoms. The van der Waals surface area contributed by atoms with Crippen molar-refractivity contribution >= 4 is 0 Å². The summed E-state index contributed by atoms with van der Waals surface area (Å²) in [4.78, 5) is 0. The van der Waals surface area contributed by atoms with Crippen LogP contribution >= 0.6 is 0 Å². The minimum Gasteiger partial charge on any atom is -0.490 e. The maximum Gasteiger partial charge on any atom is 0.144 e. The van der Waals surface area contributed by atoms with Crippen LogP contribution in [0.15, 0.2) is 18.2 Å².